The number of hydrogen-bond acceptors (Lipinski definition) is 4. The van der Waals surface area contributed by atoms with Gasteiger partial charge < -0.3 is 9.72 Å². The normalized spacial score (nSPS) is 19.7. The molecule has 0 aromatic carbocycles. The molecule has 0 bridgehead atoms. The first-order valence-electron chi connectivity index (χ1n) is 6.00. The average Bonchev–Trinajstić information content (AvgIpc) is 2.93. The average molecular weight is 282 g/mol. The highest BCUT2D eigenvalue weighted by molar-refractivity contribution is 7.71. The van der Waals surface area contributed by atoms with Gasteiger partial charge in [-0.1, -0.05) is 0 Å². The van der Waals surface area contributed by atoms with E-state index in [1.807, 2.05) is 13.0 Å². The zero-order valence-corrected chi connectivity index (χ0v) is 11.7. The van der Waals surface area contributed by atoms with Gasteiger partial charge in [-0.15, -0.1) is 11.3 Å². The van der Waals surface area contributed by atoms with Crippen molar-refractivity contribution in [2.24, 2.45) is 0 Å². The van der Waals surface area contributed by atoms with Gasteiger partial charge in [0.25, 0.3) is 5.56 Å². The third-order valence-corrected chi connectivity index (χ3v) is 4.50. The Labute approximate surface area is 113 Å². The first-order chi connectivity index (χ1) is 8.65. The number of rotatable bonds is 2. The molecule has 0 saturated carbocycles. The second-order valence-corrected chi connectivity index (χ2v) is 6.22. The van der Waals surface area contributed by atoms with Crippen molar-refractivity contribution in [3.8, 4) is 0 Å². The van der Waals surface area contributed by atoms with Gasteiger partial charge in [-0.05, 0) is 38.0 Å². The maximum absolute atomic E-state index is 12.4. The summed E-state index contributed by atoms with van der Waals surface area (Å²) in [7, 11) is 0. The van der Waals surface area contributed by atoms with Gasteiger partial charge in [0, 0.05) is 11.5 Å². The molecule has 0 spiro atoms. The van der Waals surface area contributed by atoms with Gasteiger partial charge in [0.2, 0.25) is 0 Å². The number of aromatic nitrogens is 2. The minimum atomic E-state index is -0.00593. The maximum Gasteiger partial charge on any atom is 0.263 e. The van der Waals surface area contributed by atoms with Gasteiger partial charge >= 0.3 is 0 Å². The lowest BCUT2D eigenvalue weighted by Crippen LogP contribution is -2.27. The van der Waals surface area contributed by atoms with E-state index in [1.54, 1.807) is 15.9 Å². The highest BCUT2D eigenvalue weighted by Crippen LogP contribution is 2.20. The third kappa shape index (κ3) is 2.04. The summed E-state index contributed by atoms with van der Waals surface area (Å²) < 4.78 is 7.68. The van der Waals surface area contributed by atoms with Crippen LogP contribution in [0.5, 0.6) is 0 Å². The van der Waals surface area contributed by atoms with Crippen LogP contribution in [0.2, 0.25) is 0 Å². The molecule has 3 heterocycles. The number of nitrogens with one attached hydrogen (secondary N) is 1. The molecular weight excluding hydrogens is 268 g/mol. The summed E-state index contributed by atoms with van der Waals surface area (Å²) >= 11 is 6.83. The fourth-order valence-corrected chi connectivity index (χ4v) is 3.55. The zero-order valence-electron chi connectivity index (χ0n) is 10.1. The van der Waals surface area contributed by atoms with Crippen molar-refractivity contribution in [3.63, 3.8) is 0 Å². The molecule has 96 valence electrons. The first-order valence-corrected chi connectivity index (χ1v) is 7.22. The number of thiophene rings is 1. The molecule has 2 aromatic heterocycles. The zero-order chi connectivity index (χ0) is 12.7. The molecule has 1 N–H and O–H groups in total. The molecule has 18 heavy (non-hydrogen) atoms. The van der Waals surface area contributed by atoms with Gasteiger partial charge in [-0.2, -0.15) is 0 Å². The lowest BCUT2D eigenvalue weighted by molar-refractivity contribution is 0.0957. The molecule has 1 atom stereocenters. The van der Waals surface area contributed by atoms with Crippen molar-refractivity contribution in [1.29, 1.82) is 0 Å². The Kier molecular flexibility index (Phi) is 3.09. The topological polar surface area (TPSA) is 47.0 Å². The summed E-state index contributed by atoms with van der Waals surface area (Å²) in [4.78, 5) is 17.5. The summed E-state index contributed by atoms with van der Waals surface area (Å²) in [5.41, 5.74) is -0.00593. The van der Waals surface area contributed by atoms with Gasteiger partial charge in [0.1, 0.15) is 4.83 Å². The molecule has 1 saturated heterocycles. The fraction of sp³-hybridized carbons (Fsp3) is 0.500. The largest absolute Gasteiger partial charge is 0.376 e. The van der Waals surface area contributed by atoms with E-state index in [1.165, 1.54) is 0 Å². The van der Waals surface area contributed by atoms with Crippen LogP contribution < -0.4 is 5.56 Å². The van der Waals surface area contributed by atoms with Crippen LogP contribution in [0.25, 0.3) is 10.2 Å². The minimum absolute atomic E-state index is 0.00593. The molecule has 1 fully saturated rings. The Balaban J connectivity index is 2.10. The van der Waals surface area contributed by atoms with Crippen LogP contribution >= 0.6 is 23.6 Å². The molecule has 6 heteroatoms. The number of fused-ring (bicyclic) bond motifs is 1. The minimum Gasteiger partial charge on any atom is -0.376 e. The first kappa shape index (κ1) is 12.1. The van der Waals surface area contributed by atoms with Gasteiger partial charge in [0.05, 0.1) is 18.0 Å². The van der Waals surface area contributed by atoms with Crippen molar-refractivity contribution >= 4 is 33.8 Å². The molecule has 0 amide bonds. The van der Waals surface area contributed by atoms with E-state index in [4.69, 9.17) is 17.0 Å². The molecule has 2 aromatic rings. The fourth-order valence-electron chi connectivity index (χ4n) is 2.33. The Morgan fingerprint density at radius 1 is 1.67 bits per heavy atom. The predicted octanol–water partition coefficient (Wildman–Crippen LogP) is 2.61. The summed E-state index contributed by atoms with van der Waals surface area (Å²) in [6.07, 6.45) is 2.19. The maximum atomic E-state index is 12.4. The standard InChI is InChI=1S/C12H14N2O2S2/c1-7-5-9-10(18-7)13-12(17)14(11(9)15)6-8-3-2-4-16-8/h5,8H,2-4,6H2,1H3,(H,13,17)/t8-/m1/s1. The molecule has 0 unspecified atom stereocenters. The van der Waals surface area contributed by atoms with Crippen molar-refractivity contribution in [3.05, 3.63) is 26.1 Å². The van der Waals surface area contributed by atoms with E-state index in [9.17, 15) is 4.79 Å². The van der Waals surface area contributed by atoms with Crippen molar-refractivity contribution in [2.45, 2.75) is 32.4 Å². The predicted molar refractivity (Wildman–Crippen MR) is 75.0 cm³/mol. The monoisotopic (exact) mass is 282 g/mol. The lowest BCUT2D eigenvalue weighted by Gasteiger charge is -2.11. The van der Waals surface area contributed by atoms with Gasteiger partial charge in [-0.3, -0.25) is 9.36 Å². The SMILES string of the molecule is Cc1cc2c(=O)n(C[C@H]3CCCO3)c(=S)[nH]c2s1. The van der Waals surface area contributed by atoms with Crippen LogP contribution in [-0.2, 0) is 11.3 Å². The Bertz CT molecular complexity index is 692. The van der Waals surface area contributed by atoms with Crippen LogP contribution in [-0.4, -0.2) is 22.3 Å². The van der Waals surface area contributed by atoms with E-state index in [0.29, 0.717) is 11.3 Å². The van der Waals surface area contributed by atoms with E-state index in [-0.39, 0.29) is 11.7 Å². The van der Waals surface area contributed by atoms with Gasteiger partial charge in [-0.25, -0.2) is 0 Å². The Morgan fingerprint density at radius 3 is 3.22 bits per heavy atom. The number of hydrogen-bond donors (Lipinski definition) is 1. The van der Waals surface area contributed by atoms with Crippen LogP contribution in [0.3, 0.4) is 0 Å². The van der Waals surface area contributed by atoms with E-state index in [0.717, 1.165) is 34.5 Å². The highest BCUT2D eigenvalue weighted by atomic mass is 32.1. The van der Waals surface area contributed by atoms with Gasteiger partial charge in [0.15, 0.2) is 4.77 Å². The molecular formula is C12H14N2O2S2. The van der Waals surface area contributed by atoms with Crippen molar-refractivity contribution in [1.82, 2.24) is 9.55 Å². The molecule has 1 aliphatic heterocycles. The number of nitrogens with zero attached hydrogens (tertiary/aromatic N) is 1. The van der Waals surface area contributed by atoms with Crippen LogP contribution in [0.4, 0.5) is 0 Å². The molecule has 1 aliphatic rings. The number of aryl methyl sites for hydroxylation is 1. The van der Waals surface area contributed by atoms with Crippen LogP contribution in [0.15, 0.2) is 10.9 Å². The number of aromatic amines is 1. The van der Waals surface area contributed by atoms with E-state index in [2.05, 4.69) is 4.98 Å². The second kappa shape index (κ2) is 4.60. The highest BCUT2D eigenvalue weighted by Gasteiger charge is 2.18. The summed E-state index contributed by atoms with van der Waals surface area (Å²) in [6.45, 7) is 3.33. The molecule has 0 aliphatic carbocycles. The molecule has 0 radical (unpaired) electrons. The van der Waals surface area contributed by atoms with E-state index >= 15 is 0 Å². The Hall–Kier alpha value is -0.980. The van der Waals surface area contributed by atoms with Crippen LogP contribution in [0.1, 0.15) is 17.7 Å². The summed E-state index contributed by atoms with van der Waals surface area (Å²) in [5, 5.41) is 0.726. The Morgan fingerprint density at radius 2 is 2.50 bits per heavy atom. The molecule has 4 nitrogen and oxygen atoms in total. The number of H-pyrrole nitrogens is 1. The van der Waals surface area contributed by atoms with Crippen molar-refractivity contribution < 1.29 is 4.74 Å². The summed E-state index contributed by atoms with van der Waals surface area (Å²) in [6, 6.07) is 1.92. The number of ether oxygens (including phenoxy) is 1. The van der Waals surface area contributed by atoms with E-state index < -0.39 is 0 Å². The molecule has 3 rings (SSSR count). The summed E-state index contributed by atoms with van der Waals surface area (Å²) in [5.74, 6) is 0. The third-order valence-electron chi connectivity index (χ3n) is 3.21. The smallest absolute Gasteiger partial charge is 0.263 e. The van der Waals surface area contributed by atoms with Crippen molar-refractivity contribution in [2.75, 3.05) is 6.61 Å². The second-order valence-electron chi connectivity index (χ2n) is 4.58. The van der Waals surface area contributed by atoms with Crippen LogP contribution in [0, 0.1) is 11.7 Å². The lowest BCUT2D eigenvalue weighted by atomic mass is 10.2. The quantitative estimate of drug-likeness (QED) is 0.861.